The maximum atomic E-state index is 10.0. The summed E-state index contributed by atoms with van der Waals surface area (Å²) in [6.45, 7) is 11.7. The smallest absolute Gasteiger partial charge is 0.0900 e. The number of hydrogen-bond acceptors (Lipinski definition) is 3. The van der Waals surface area contributed by atoms with Gasteiger partial charge in [0, 0.05) is 18.6 Å². The van der Waals surface area contributed by atoms with E-state index in [0.717, 1.165) is 6.54 Å². The number of aliphatic hydroxyl groups excluding tert-OH is 1. The molecule has 0 bridgehead atoms. The molecule has 0 aliphatic carbocycles. The van der Waals surface area contributed by atoms with Crippen LogP contribution < -0.4 is 0 Å². The predicted molar refractivity (Wildman–Crippen MR) is 71.2 cm³/mol. The molecule has 1 aliphatic rings. The maximum Gasteiger partial charge on any atom is 0.0900 e. The van der Waals surface area contributed by atoms with Gasteiger partial charge in [-0.05, 0) is 47.5 Å². The van der Waals surface area contributed by atoms with Crippen molar-refractivity contribution in [2.45, 2.75) is 77.7 Å². The maximum absolute atomic E-state index is 10.0. The highest BCUT2D eigenvalue weighted by Crippen LogP contribution is 2.22. The molecule has 1 fully saturated rings. The first-order chi connectivity index (χ1) is 7.79. The predicted octanol–water partition coefficient (Wildman–Crippen LogP) is 2.43. The highest BCUT2D eigenvalue weighted by atomic mass is 16.5. The quantitative estimate of drug-likeness (QED) is 0.823. The van der Waals surface area contributed by atoms with Crippen LogP contribution in [0.5, 0.6) is 0 Å². The van der Waals surface area contributed by atoms with Crippen molar-refractivity contribution in [3.63, 3.8) is 0 Å². The number of aliphatic hydroxyl groups is 1. The first kappa shape index (κ1) is 14.9. The Bertz CT molecular complexity index is 215. The zero-order valence-corrected chi connectivity index (χ0v) is 12.1. The van der Waals surface area contributed by atoms with Crippen LogP contribution in [0.1, 0.15) is 53.9 Å². The third-order valence-electron chi connectivity index (χ3n) is 3.51. The zero-order chi connectivity index (χ0) is 13.1. The van der Waals surface area contributed by atoms with Gasteiger partial charge in [0.25, 0.3) is 0 Å². The van der Waals surface area contributed by atoms with Crippen molar-refractivity contribution >= 4 is 0 Å². The fraction of sp³-hybridized carbons (Fsp3) is 1.00. The molecule has 3 nitrogen and oxygen atoms in total. The molecular formula is C14H29NO2. The molecule has 0 aromatic heterocycles. The van der Waals surface area contributed by atoms with Gasteiger partial charge in [0.05, 0.1) is 18.3 Å². The van der Waals surface area contributed by atoms with Crippen molar-refractivity contribution < 1.29 is 9.84 Å². The van der Waals surface area contributed by atoms with Gasteiger partial charge in [-0.1, -0.05) is 6.42 Å². The molecule has 1 N–H and O–H groups in total. The summed E-state index contributed by atoms with van der Waals surface area (Å²) in [7, 11) is 0. The first-order valence-corrected chi connectivity index (χ1v) is 6.87. The van der Waals surface area contributed by atoms with E-state index in [9.17, 15) is 5.11 Å². The number of ether oxygens (including phenoxy) is 1. The summed E-state index contributed by atoms with van der Waals surface area (Å²) in [5.41, 5.74) is -0.167. The third kappa shape index (κ3) is 5.36. The van der Waals surface area contributed by atoms with Crippen molar-refractivity contribution in [2.75, 3.05) is 13.2 Å². The highest BCUT2D eigenvalue weighted by Gasteiger charge is 2.26. The summed E-state index contributed by atoms with van der Waals surface area (Å²) in [6, 6.07) is 1.17. The second kappa shape index (κ2) is 6.17. The van der Waals surface area contributed by atoms with E-state index in [4.69, 9.17) is 4.74 Å². The van der Waals surface area contributed by atoms with Crippen LogP contribution in [-0.4, -0.2) is 46.9 Å². The number of piperidine rings is 1. The van der Waals surface area contributed by atoms with Crippen molar-refractivity contribution in [3.8, 4) is 0 Å². The van der Waals surface area contributed by atoms with E-state index in [-0.39, 0.29) is 11.7 Å². The molecule has 102 valence electrons. The fourth-order valence-corrected chi connectivity index (χ4v) is 2.48. The molecule has 0 spiro atoms. The van der Waals surface area contributed by atoms with Gasteiger partial charge in [-0.15, -0.1) is 0 Å². The molecule has 3 heteroatoms. The Labute approximate surface area is 106 Å². The lowest BCUT2D eigenvalue weighted by Crippen LogP contribution is -2.48. The Morgan fingerprint density at radius 2 is 1.76 bits per heavy atom. The number of hydrogen-bond donors (Lipinski definition) is 1. The molecule has 1 saturated heterocycles. The molecule has 0 amide bonds. The molecule has 0 aromatic rings. The van der Waals surface area contributed by atoms with Gasteiger partial charge in [0.1, 0.15) is 0 Å². The zero-order valence-electron chi connectivity index (χ0n) is 12.1. The van der Waals surface area contributed by atoms with E-state index < -0.39 is 0 Å². The second-order valence-corrected chi connectivity index (χ2v) is 6.40. The molecule has 1 unspecified atom stereocenters. The fourth-order valence-electron chi connectivity index (χ4n) is 2.48. The summed E-state index contributed by atoms with van der Waals surface area (Å²) >= 11 is 0. The van der Waals surface area contributed by atoms with Gasteiger partial charge in [-0.2, -0.15) is 0 Å². The lowest BCUT2D eigenvalue weighted by atomic mass is 9.97. The van der Waals surface area contributed by atoms with Crippen LogP contribution >= 0.6 is 0 Å². The van der Waals surface area contributed by atoms with Crippen molar-refractivity contribution in [3.05, 3.63) is 0 Å². The minimum atomic E-state index is -0.378. The van der Waals surface area contributed by atoms with Crippen LogP contribution in [0.25, 0.3) is 0 Å². The second-order valence-electron chi connectivity index (χ2n) is 6.40. The van der Waals surface area contributed by atoms with Gasteiger partial charge in [-0.25, -0.2) is 0 Å². The van der Waals surface area contributed by atoms with Crippen molar-refractivity contribution in [2.24, 2.45) is 0 Å². The molecule has 0 radical (unpaired) electrons. The molecule has 0 saturated carbocycles. The van der Waals surface area contributed by atoms with E-state index >= 15 is 0 Å². The lowest BCUT2D eigenvalue weighted by Gasteiger charge is -2.40. The normalized spacial score (nSPS) is 29.3. The van der Waals surface area contributed by atoms with Crippen LogP contribution in [0.4, 0.5) is 0 Å². The van der Waals surface area contributed by atoms with Gasteiger partial charge in [0.2, 0.25) is 0 Å². The summed E-state index contributed by atoms with van der Waals surface area (Å²) in [5, 5.41) is 10.0. The summed E-state index contributed by atoms with van der Waals surface area (Å²) in [6.07, 6.45) is 3.43. The SMILES string of the molecule is C[C@@H]1CCC[C@H](C)N1CC(O)COC(C)(C)C. The highest BCUT2D eigenvalue weighted by molar-refractivity contribution is 4.81. The summed E-state index contributed by atoms with van der Waals surface area (Å²) < 4.78 is 5.63. The average Bonchev–Trinajstić information content (AvgIpc) is 2.20. The topological polar surface area (TPSA) is 32.7 Å². The van der Waals surface area contributed by atoms with E-state index in [1.165, 1.54) is 19.3 Å². The molecule has 17 heavy (non-hydrogen) atoms. The van der Waals surface area contributed by atoms with Gasteiger partial charge >= 0.3 is 0 Å². The molecular weight excluding hydrogens is 214 g/mol. The van der Waals surface area contributed by atoms with Gasteiger partial charge in [0.15, 0.2) is 0 Å². The average molecular weight is 243 g/mol. The number of rotatable bonds is 4. The lowest BCUT2D eigenvalue weighted by molar-refractivity contribution is -0.0645. The van der Waals surface area contributed by atoms with Crippen LogP contribution in [-0.2, 0) is 4.74 Å². The number of β-amino-alcohol motifs (C(OH)–C–C–N with tert-alkyl or cyclic N) is 1. The number of likely N-dealkylation sites (tertiary alicyclic amines) is 1. The molecule has 1 aliphatic heterocycles. The minimum Gasteiger partial charge on any atom is -0.389 e. The Morgan fingerprint density at radius 3 is 2.24 bits per heavy atom. The molecule has 3 atom stereocenters. The standard InChI is InChI=1S/C14H29NO2/c1-11-7-6-8-12(2)15(11)9-13(16)10-17-14(3,4)5/h11-13,16H,6-10H2,1-5H3/t11-,12+,13?. The van der Waals surface area contributed by atoms with Crippen LogP contribution in [0.3, 0.4) is 0 Å². The Balaban J connectivity index is 2.36. The van der Waals surface area contributed by atoms with E-state index in [0.29, 0.717) is 18.7 Å². The molecule has 0 aromatic carbocycles. The Kier molecular flexibility index (Phi) is 5.42. The molecule has 1 rings (SSSR count). The van der Waals surface area contributed by atoms with Crippen LogP contribution in [0, 0.1) is 0 Å². The van der Waals surface area contributed by atoms with Crippen LogP contribution in [0.2, 0.25) is 0 Å². The summed E-state index contributed by atoms with van der Waals surface area (Å²) in [4.78, 5) is 2.42. The minimum absolute atomic E-state index is 0.167. The Morgan fingerprint density at radius 1 is 1.24 bits per heavy atom. The Hall–Kier alpha value is -0.120. The van der Waals surface area contributed by atoms with Gasteiger partial charge in [-0.3, -0.25) is 4.90 Å². The van der Waals surface area contributed by atoms with Gasteiger partial charge < -0.3 is 9.84 Å². The van der Waals surface area contributed by atoms with E-state index in [1.54, 1.807) is 0 Å². The van der Waals surface area contributed by atoms with E-state index in [2.05, 4.69) is 18.7 Å². The van der Waals surface area contributed by atoms with E-state index in [1.807, 2.05) is 20.8 Å². The third-order valence-corrected chi connectivity index (χ3v) is 3.51. The van der Waals surface area contributed by atoms with Crippen molar-refractivity contribution in [1.82, 2.24) is 4.90 Å². The monoisotopic (exact) mass is 243 g/mol. The van der Waals surface area contributed by atoms with Crippen molar-refractivity contribution in [1.29, 1.82) is 0 Å². The summed E-state index contributed by atoms with van der Waals surface area (Å²) in [5.74, 6) is 0. The largest absolute Gasteiger partial charge is 0.389 e. The molecule has 1 heterocycles. The first-order valence-electron chi connectivity index (χ1n) is 6.87. The van der Waals surface area contributed by atoms with Crippen LogP contribution in [0.15, 0.2) is 0 Å². The number of nitrogens with zero attached hydrogens (tertiary/aromatic N) is 1.